The Bertz CT molecular complexity index is 957. The average Bonchev–Trinajstić information content (AvgIpc) is 2.98. The molecule has 1 N–H and O–H groups in total. The molecule has 0 aromatic heterocycles. The van der Waals surface area contributed by atoms with Gasteiger partial charge in [-0.3, -0.25) is 9.59 Å². The van der Waals surface area contributed by atoms with Crippen LogP contribution in [0.15, 0.2) is 53.4 Å². The zero-order valence-electron chi connectivity index (χ0n) is 14.3. The normalized spacial score (nSPS) is 17.7. The number of benzene rings is 2. The average molecular weight is 396 g/mol. The Labute approximate surface area is 166 Å². The highest BCUT2D eigenvalue weighted by Crippen LogP contribution is 2.35. The number of amides is 2. The Morgan fingerprint density at radius 3 is 2.74 bits per heavy atom. The fraction of sp³-hybridized carbons (Fsp3) is 0.150. The molecular weight excluding hydrogens is 380 g/mol. The van der Waals surface area contributed by atoms with Crippen molar-refractivity contribution in [3.63, 3.8) is 0 Å². The second-order valence-corrected chi connectivity index (χ2v) is 7.87. The smallest absolute Gasteiger partial charge is 0.265 e. The van der Waals surface area contributed by atoms with Gasteiger partial charge in [-0.2, -0.15) is 0 Å². The largest absolute Gasteiger partial charge is 0.482 e. The van der Waals surface area contributed by atoms with Gasteiger partial charge in [0.05, 0.1) is 10.6 Å². The predicted molar refractivity (Wildman–Crippen MR) is 111 cm³/mol. The van der Waals surface area contributed by atoms with Crippen LogP contribution < -0.4 is 15.0 Å². The highest BCUT2D eigenvalue weighted by molar-refractivity contribution is 8.26. The summed E-state index contributed by atoms with van der Waals surface area (Å²) in [5.41, 5.74) is 2.71. The molecule has 0 unspecified atom stereocenters. The Balaban J connectivity index is 1.60. The van der Waals surface area contributed by atoms with Gasteiger partial charge in [-0.05, 0) is 35.8 Å². The van der Waals surface area contributed by atoms with Crippen LogP contribution in [-0.4, -0.2) is 29.3 Å². The number of anilines is 1. The maximum atomic E-state index is 12.4. The maximum Gasteiger partial charge on any atom is 0.265 e. The van der Waals surface area contributed by atoms with Crippen LogP contribution in [0.5, 0.6) is 5.75 Å². The summed E-state index contributed by atoms with van der Waals surface area (Å²) in [6.45, 7) is 0.604. The molecule has 136 valence electrons. The molecule has 2 aromatic carbocycles. The number of ether oxygens (including phenoxy) is 1. The predicted octanol–water partition coefficient (Wildman–Crippen LogP) is 3.14. The van der Waals surface area contributed by atoms with Crippen LogP contribution in [0, 0.1) is 0 Å². The number of carbonyl (C=O) groups is 2. The van der Waals surface area contributed by atoms with Crippen molar-refractivity contribution >= 4 is 51.9 Å². The van der Waals surface area contributed by atoms with Crippen LogP contribution >= 0.6 is 24.0 Å². The Hall–Kier alpha value is -2.64. The second-order valence-electron chi connectivity index (χ2n) is 6.15. The molecule has 5 nitrogen and oxygen atoms in total. The number of nitrogens with one attached hydrogen (secondary N) is 1. The lowest BCUT2D eigenvalue weighted by Crippen LogP contribution is -2.40. The van der Waals surface area contributed by atoms with Crippen LogP contribution in [0.4, 0.5) is 5.69 Å². The number of hydrogen-bond donors (Lipinski definition) is 1. The zero-order valence-corrected chi connectivity index (χ0v) is 15.9. The standard InChI is InChI=1S/C20H16N2O3S2/c23-18-12-25-16-7-6-14(11-17-19(24)21-20(26)27-17)10-15(16)22(18)9-8-13-4-2-1-3-5-13/h1-7,10-11H,8-9,12H2,(H,21,24,26)/b17-11-. The van der Waals surface area contributed by atoms with Gasteiger partial charge in [0.25, 0.3) is 11.8 Å². The summed E-state index contributed by atoms with van der Waals surface area (Å²) < 4.78 is 6.02. The topological polar surface area (TPSA) is 58.6 Å². The third-order valence-corrected chi connectivity index (χ3v) is 5.50. The third kappa shape index (κ3) is 3.89. The van der Waals surface area contributed by atoms with Crippen molar-refractivity contribution < 1.29 is 14.3 Å². The van der Waals surface area contributed by atoms with E-state index in [2.05, 4.69) is 5.32 Å². The quantitative estimate of drug-likeness (QED) is 0.636. The minimum Gasteiger partial charge on any atom is -0.482 e. The molecule has 7 heteroatoms. The SMILES string of the molecule is O=C1NC(=S)S/C1=C\c1ccc2c(c1)N(CCc1ccccc1)C(=O)CO2. The number of hydrogen-bond acceptors (Lipinski definition) is 5. The molecular formula is C20H16N2O3S2. The summed E-state index contributed by atoms with van der Waals surface area (Å²) >= 11 is 6.25. The number of rotatable bonds is 4. The molecule has 2 aliphatic rings. The second kappa shape index (κ2) is 7.54. The van der Waals surface area contributed by atoms with Gasteiger partial charge in [0.15, 0.2) is 6.61 Å². The number of thiocarbonyl (C=S) groups is 1. The summed E-state index contributed by atoms with van der Waals surface area (Å²) in [6, 6.07) is 15.6. The van der Waals surface area contributed by atoms with Crippen molar-refractivity contribution in [3.05, 3.63) is 64.6 Å². The van der Waals surface area contributed by atoms with Gasteiger partial charge in [-0.25, -0.2) is 0 Å². The molecule has 1 saturated heterocycles. The lowest BCUT2D eigenvalue weighted by Gasteiger charge is -2.29. The number of nitrogens with zero attached hydrogens (tertiary/aromatic N) is 1. The summed E-state index contributed by atoms with van der Waals surface area (Å²) in [5.74, 6) is 0.400. The van der Waals surface area contributed by atoms with E-state index < -0.39 is 0 Å². The third-order valence-electron chi connectivity index (χ3n) is 4.33. The zero-order chi connectivity index (χ0) is 18.8. The fourth-order valence-corrected chi connectivity index (χ4v) is 4.06. The first-order valence-corrected chi connectivity index (χ1v) is 9.68. The number of carbonyl (C=O) groups excluding carboxylic acids is 2. The summed E-state index contributed by atoms with van der Waals surface area (Å²) in [7, 11) is 0. The minimum atomic E-state index is -0.198. The molecule has 2 amide bonds. The summed E-state index contributed by atoms with van der Waals surface area (Å²) in [5, 5.41) is 2.60. The van der Waals surface area contributed by atoms with E-state index in [1.807, 2.05) is 48.5 Å². The molecule has 0 bridgehead atoms. The van der Waals surface area contributed by atoms with Gasteiger partial charge in [-0.15, -0.1) is 0 Å². The highest BCUT2D eigenvalue weighted by atomic mass is 32.2. The molecule has 2 heterocycles. The van der Waals surface area contributed by atoms with Crippen LogP contribution in [0.1, 0.15) is 11.1 Å². The molecule has 0 atom stereocenters. The molecule has 4 rings (SSSR count). The maximum absolute atomic E-state index is 12.4. The molecule has 0 saturated carbocycles. The molecule has 0 spiro atoms. The van der Waals surface area contributed by atoms with E-state index in [4.69, 9.17) is 17.0 Å². The van der Waals surface area contributed by atoms with Crippen molar-refractivity contribution in [2.45, 2.75) is 6.42 Å². The first-order chi connectivity index (χ1) is 13.1. The van der Waals surface area contributed by atoms with E-state index >= 15 is 0 Å². The van der Waals surface area contributed by atoms with Crippen molar-refractivity contribution in [1.29, 1.82) is 0 Å². The first-order valence-electron chi connectivity index (χ1n) is 8.46. The van der Waals surface area contributed by atoms with Gasteiger partial charge >= 0.3 is 0 Å². The van der Waals surface area contributed by atoms with Gasteiger partial charge in [-0.1, -0.05) is 60.4 Å². The van der Waals surface area contributed by atoms with Crippen LogP contribution in [-0.2, 0) is 16.0 Å². The Morgan fingerprint density at radius 1 is 1.19 bits per heavy atom. The fourth-order valence-electron chi connectivity index (χ4n) is 3.01. The van der Waals surface area contributed by atoms with Crippen LogP contribution in [0.2, 0.25) is 0 Å². The lowest BCUT2D eigenvalue weighted by atomic mass is 10.1. The number of fused-ring (bicyclic) bond motifs is 1. The molecule has 2 aliphatic heterocycles. The molecule has 0 aliphatic carbocycles. The van der Waals surface area contributed by atoms with Crippen molar-refractivity contribution in [2.24, 2.45) is 0 Å². The molecule has 27 heavy (non-hydrogen) atoms. The van der Waals surface area contributed by atoms with Gasteiger partial charge in [0.1, 0.15) is 10.1 Å². The molecule has 1 fully saturated rings. The van der Waals surface area contributed by atoms with Crippen LogP contribution in [0.3, 0.4) is 0 Å². The minimum absolute atomic E-state index is 0.0365. The van der Waals surface area contributed by atoms with Gasteiger partial charge in [0.2, 0.25) is 0 Å². The van der Waals surface area contributed by atoms with Crippen molar-refractivity contribution in [1.82, 2.24) is 5.32 Å². The Kier molecular flexibility index (Phi) is 4.96. The molecule has 2 aromatic rings. The van der Waals surface area contributed by atoms with Crippen molar-refractivity contribution in [3.8, 4) is 5.75 Å². The van der Waals surface area contributed by atoms with E-state index in [1.165, 1.54) is 17.3 Å². The Morgan fingerprint density at radius 2 is 2.00 bits per heavy atom. The van der Waals surface area contributed by atoms with Crippen molar-refractivity contribution in [2.75, 3.05) is 18.1 Å². The van der Waals surface area contributed by atoms with E-state index in [0.717, 1.165) is 17.7 Å². The first kappa shape index (κ1) is 17.8. The lowest BCUT2D eigenvalue weighted by molar-refractivity contribution is -0.121. The van der Waals surface area contributed by atoms with Gasteiger partial charge in [0, 0.05) is 6.54 Å². The summed E-state index contributed by atoms with van der Waals surface area (Å²) in [6.07, 6.45) is 2.53. The van der Waals surface area contributed by atoms with E-state index in [1.54, 1.807) is 11.0 Å². The van der Waals surface area contributed by atoms with Gasteiger partial charge < -0.3 is 15.0 Å². The highest BCUT2D eigenvalue weighted by Gasteiger charge is 2.26. The van der Waals surface area contributed by atoms with E-state index in [0.29, 0.717) is 21.5 Å². The van der Waals surface area contributed by atoms with E-state index in [9.17, 15) is 9.59 Å². The van der Waals surface area contributed by atoms with E-state index in [-0.39, 0.29) is 18.4 Å². The van der Waals surface area contributed by atoms with Crippen LogP contribution in [0.25, 0.3) is 6.08 Å². The molecule has 0 radical (unpaired) electrons. The summed E-state index contributed by atoms with van der Waals surface area (Å²) in [4.78, 5) is 26.6. The monoisotopic (exact) mass is 396 g/mol. The number of thioether (sulfide) groups is 1.